The molecule has 1 heterocycles. The van der Waals surface area contributed by atoms with Gasteiger partial charge in [0, 0.05) is 28.2 Å². The summed E-state index contributed by atoms with van der Waals surface area (Å²) in [5, 5.41) is 10.5. The van der Waals surface area contributed by atoms with Crippen molar-refractivity contribution < 1.29 is 19.1 Å². The molecule has 1 aliphatic heterocycles. The highest BCUT2D eigenvalue weighted by molar-refractivity contribution is 6.31. The number of anilines is 1. The van der Waals surface area contributed by atoms with Crippen molar-refractivity contribution >= 4 is 40.7 Å². The Morgan fingerprint density at radius 2 is 1.62 bits per heavy atom. The molecule has 1 unspecified atom stereocenters. The summed E-state index contributed by atoms with van der Waals surface area (Å²) in [6, 6.07) is 11.9. The Morgan fingerprint density at radius 1 is 0.969 bits per heavy atom. The normalized spacial score (nSPS) is 22.0. The van der Waals surface area contributed by atoms with Gasteiger partial charge in [0.15, 0.2) is 6.61 Å². The van der Waals surface area contributed by atoms with E-state index >= 15 is 0 Å². The smallest absolute Gasteiger partial charge is 0.258 e. The molecule has 0 spiro atoms. The fraction of sp³-hybridized carbons (Fsp3) is 0.391. The minimum atomic E-state index is -0.453. The van der Waals surface area contributed by atoms with E-state index in [0.717, 1.165) is 31.4 Å². The van der Waals surface area contributed by atoms with Crippen LogP contribution in [-0.4, -0.2) is 43.2 Å². The quantitative estimate of drug-likeness (QED) is 0.588. The Kier molecular flexibility index (Phi) is 7.27. The summed E-state index contributed by atoms with van der Waals surface area (Å²) in [5.41, 5.74) is 0.757. The van der Waals surface area contributed by atoms with Gasteiger partial charge in [-0.05, 0) is 62.1 Å². The Morgan fingerprint density at radius 3 is 2.34 bits per heavy atom. The summed E-state index contributed by atoms with van der Waals surface area (Å²) >= 11 is 11.8. The molecule has 0 bridgehead atoms. The minimum absolute atomic E-state index is 0.0433. The number of hydrogen-bond donors (Lipinski definition) is 3. The van der Waals surface area contributed by atoms with Crippen molar-refractivity contribution in [2.24, 2.45) is 0 Å². The van der Waals surface area contributed by atoms with Crippen molar-refractivity contribution in [2.75, 3.05) is 18.5 Å². The molecule has 1 saturated carbocycles. The fourth-order valence-corrected chi connectivity index (χ4v) is 4.20. The van der Waals surface area contributed by atoms with Crippen molar-refractivity contribution in [3.63, 3.8) is 0 Å². The van der Waals surface area contributed by atoms with Gasteiger partial charge in [0.2, 0.25) is 5.91 Å². The average Bonchev–Trinajstić information content (AvgIpc) is 2.79. The van der Waals surface area contributed by atoms with Crippen LogP contribution in [-0.2, 0) is 9.59 Å². The molecule has 0 aromatic heterocycles. The second kappa shape index (κ2) is 10.3. The van der Waals surface area contributed by atoms with Crippen LogP contribution in [0.4, 0.5) is 5.69 Å². The van der Waals surface area contributed by atoms with E-state index in [1.807, 2.05) is 6.07 Å². The van der Waals surface area contributed by atoms with Crippen LogP contribution in [0.2, 0.25) is 10.0 Å². The molecule has 170 valence electrons. The molecule has 32 heavy (non-hydrogen) atoms. The number of halogens is 2. The van der Waals surface area contributed by atoms with Gasteiger partial charge in [0.05, 0.1) is 5.69 Å². The highest BCUT2D eigenvalue weighted by Crippen LogP contribution is 2.31. The molecule has 0 radical (unpaired) electrons. The molecule has 0 saturated heterocycles. The first-order valence-electron chi connectivity index (χ1n) is 10.6. The van der Waals surface area contributed by atoms with Crippen molar-refractivity contribution in [1.82, 2.24) is 10.6 Å². The number of hydrogen-bond acceptors (Lipinski definition) is 5. The first-order chi connectivity index (χ1) is 15.5. The number of carbonyl (C=O) groups excluding carboxylic acids is 2. The van der Waals surface area contributed by atoms with Gasteiger partial charge in [-0.15, -0.1) is 0 Å². The van der Waals surface area contributed by atoms with Crippen molar-refractivity contribution in [3.8, 4) is 11.5 Å². The number of benzene rings is 2. The molecule has 3 N–H and O–H groups in total. The maximum absolute atomic E-state index is 12.7. The SMILES string of the molecule is O=C(COc1ccc(Cl)cc1)NC1CCC(NC(=O)C2COc3cc(Cl)ccc3N2)CC1. The summed E-state index contributed by atoms with van der Waals surface area (Å²) in [4.78, 5) is 24.8. The Bertz CT molecular complexity index is 962. The molecule has 2 aromatic carbocycles. The molecular formula is C23H25Cl2N3O4. The van der Waals surface area contributed by atoms with Crippen molar-refractivity contribution in [3.05, 3.63) is 52.5 Å². The molecule has 2 amide bonds. The molecule has 4 rings (SSSR count). The van der Waals surface area contributed by atoms with E-state index in [2.05, 4.69) is 16.0 Å². The second-order valence-electron chi connectivity index (χ2n) is 8.02. The van der Waals surface area contributed by atoms with Crippen LogP contribution < -0.4 is 25.4 Å². The zero-order chi connectivity index (χ0) is 22.5. The van der Waals surface area contributed by atoms with Crippen molar-refractivity contribution in [2.45, 2.75) is 43.8 Å². The summed E-state index contributed by atoms with van der Waals surface area (Å²) in [6.45, 7) is 0.205. The van der Waals surface area contributed by atoms with Gasteiger partial charge in [0.1, 0.15) is 24.1 Å². The lowest BCUT2D eigenvalue weighted by Crippen LogP contribution is -2.50. The highest BCUT2D eigenvalue weighted by Gasteiger charge is 2.29. The molecule has 2 aromatic rings. The molecule has 9 heteroatoms. The van der Waals surface area contributed by atoms with E-state index in [1.54, 1.807) is 36.4 Å². The monoisotopic (exact) mass is 477 g/mol. The molecular weight excluding hydrogens is 453 g/mol. The van der Waals surface area contributed by atoms with Gasteiger partial charge in [0.25, 0.3) is 5.91 Å². The van der Waals surface area contributed by atoms with Crippen LogP contribution in [0.15, 0.2) is 42.5 Å². The number of ether oxygens (including phenoxy) is 2. The number of amides is 2. The second-order valence-corrected chi connectivity index (χ2v) is 8.89. The molecule has 1 atom stereocenters. The van der Waals surface area contributed by atoms with Crippen LogP contribution in [0.25, 0.3) is 0 Å². The van der Waals surface area contributed by atoms with E-state index in [4.69, 9.17) is 32.7 Å². The third-order valence-electron chi connectivity index (χ3n) is 5.62. The van der Waals surface area contributed by atoms with E-state index in [-0.39, 0.29) is 37.1 Å². The van der Waals surface area contributed by atoms with E-state index in [1.165, 1.54) is 0 Å². The van der Waals surface area contributed by atoms with Gasteiger partial charge in [-0.3, -0.25) is 9.59 Å². The fourth-order valence-electron chi connectivity index (χ4n) is 3.91. The van der Waals surface area contributed by atoms with Crippen molar-refractivity contribution in [1.29, 1.82) is 0 Å². The van der Waals surface area contributed by atoms with Gasteiger partial charge in [-0.1, -0.05) is 23.2 Å². The van der Waals surface area contributed by atoms with Crippen LogP contribution in [0, 0.1) is 0 Å². The largest absolute Gasteiger partial charge is 0.489 e. The maximum atomic E-state index is 12.7. The maximum Gasteiger partial charge on any atom is 0.258 e. The molecule has 1 aliphatic carbocycles. The zero-order valence-corrected chi connectivity index (χ0v) is 18.9. The summed E-state index contributed by atoms with van der Waals surface area (Å²) < 4.78 is 11.2. The van der Waals surface area contributed by atoms with Crippen LogP contribution in [0.3, 0.4) is 0 Å². The topological polar surface area (TPSA) is 88.7 Å². The lowest BCUT2D eigenvalue weighted by atomic mass is 9.91. The van der Waals surface area contributed by atoms with Gasteiger partial charge < -0.3 is 25.4 Å². The lowest BCUT2D eigenvalue weighted by Gasteiger charge is -2.32. The third kappa shape index (κ3) is 5.99. The number of carbonyl (C=O) groups is 2. The first-order valence-corrected chi connectivity index (χ1v) is 11.4. The van der Waals surface area contributed by atoms with Crippen LogP contribution >= 0.6 is 23.2 Å². The molecule has 1 fully saturated rings. The van der Waals surface area contributed by atoms with Gasteiger partial charge in [-0.25, -0.2) is 0 Å². The molecule has 7 nitrogen and oxygen atoms in total. The van der Waals surface area contributed by atoms with Crippen LogP contribution in [0.1, 0.15) is 25.7 Å². The summed E-state index contributed by atoms with van der Waals surface area (Å²) in [5.74, 6) is 1.00. The Balaban J connectivity index is 1.17. The van der Waals surface area contributed by atoms with E-state index in [0.29, 0.717) is 21.5 Å². The predicted octanol–water partition coefficient (Wildman–Crippen LogP) is 3.79. The number of rotatable bonds is 6. The minimum Gasteiger partial charge on any atom is -0.489 e. The van der Waals surface area contributed by atoms with E-state index in [9.17, 15) is 9.59 Å². The van der Waals surface area contributed by atoms with Gasteiger partial charge in [-0.2, -0.15) is 0 Å². The number of fused-ring (bicyclic) bond motifs is 1. The first kappa shape index (κ1) is 22.6. The molecule has 2 aliphatic rings. The summed E-state index contributed by atoms with van der Waals surface area (Å²) in [6.07, 6.45) is 3.20. The Hall–Kier alpha value is -2.64. The summed E-state index contributed by atoms with van der Waals surface area (Å²) in [7, 11) is 0. The Labute approximate surface area is 196 Å². The highest BCUT2D eigenvalue weighted by atomic mass is 35.5. The predicted molar refractivity (Wildman–Crippen MR) is 124 cm³/mol. The van der Waals surface area contributed by atoms with Gasteiger partial charge >= 0.3 is 0 Å². The lowest BCUT2D eigenvalue weighted by molar-refractivity contribution is -0.125. The zero-order valence-electron chi connectivity index (χ0n) is 17.4. The number of nitrogens with one attached hydrogen (secondary N) is 3. The van der Waals surface area contributed by atoms with E-state index < -0.39 is 6.04 Å². The third-order valence-corrected chi connectivity index (χ3v) is 6.10. The van der Waals surface area contributed by atoms with Crippen LogP contribution in [0.5, 0.6) is 11.5 Å². The average molecular weight is 478 g/mol. The standard InChI is InChI=1S/C23H25Cl2N3O4/c24-14-1-8-18(9-2-14)31-13-22(29)26-16-4-6-17(7-5-16)27-23(30)20-12-32-21-11-15(25)3-10-19(21)28-20/h1-3,8-11,16-17,20,28H,4-7,12-13H2,(H,26,29)(H,27,30).